The number of aromatic nitrogens is 2. The number of nitrogens with zero attached hydrogens (tertiary/aromatic N) is 4. The molecule has 0 N–H and O–H groups in total. The highest BCUT2D eigenvalue weighted by atomic mass is 15.2. The van der Waals surface area contributed by atoms with Crippen LogP contribution in [-0.4, -0.2) is 15.8 Å². The van der Waals surface area contributed by atoms with Gasteiger partial charge in [0.2, 0.25) is 0 Å². The van der Waals surface area contributed by atoms with Crippen LogP contribution in [0.5, 0.6) is 0 Å². The first-order valence-electron chi connectivity index (χ1n) is 22.0. The van der Waals surface area contributed by atoms with Crippen molar-refractivity contribution < 1.29 is 0 Å². The molecule has 2 aliphatic heterocycles. The first-order valence-corrected chi connectivity index (χ1v) is 22.0. The van der Waals surface area contributed by atoms with Crippen LogP contribution in [0.2, 0.25) is 0 Å². The Hall–Kier alpha value is -7.76. The lowest BCUT2D eigenvalue weighted by Gasteiger charge is -2.44. The number of para-hydroxylation sites is 2. The Balaban J connectivity index is 1.09. The van der Waals surface area contributed by atoms with Gasteiger partial charge in [0, 0.05) is 67.0 Å². The highest BCUT2D eigenvalue weighted by Gasteiger charge is 2.43. The highest BCUT2D eigenvalue weighted by molar-refractivity contribution is 7.00. The molecule has 2 aliphatic rings. The van der Waals surface area contributed by atoms with Gasteiger partial charge < -0.3 is 18.9 Å². The van der Waals surface area contributed by atoms with Gasteiger partial charge >= 0.3 is 0 Å². The zero-order valence-electron chi connectivity index (χ0n) is 35.8. The smallest absolute Gasteiger partial charge is 0.252 e. The highest BCUT2D eigenvalue weighted by Crippen LogP contribution is 2.46. The summed E-state index contributed by atoms with van der Waals surface area (Å²) in [6.45, 7) is 8.76. The summed E-state index contributed by atoms with van der Waals surface area (Å²) in [6, 6.07) is 70.6. The molecule has 2 aromatic heterocycles. The second-order valence-corrected chi connectivity index (χ2v) is 17.7. The van der Waals surface area contributed by atoms with E-state index in [0.717, 1.165) is 22.7 Å². The number of anilines is 6. The van der Waals surface area contributed by atoms with Gasteiger partial charge in [-0.1, -0.05) is 101 Å². The van der Waals surface area contributed by atoms with Crippen LogP contribution in [0.1, 0.15) is 22.3 Å². The molecule has 0 amide bonds. The molecule has 4 nitrogen and oxygen atoms in total. The van der Waals surface area contributed by atoms with Gasteiger partial charge in [-0.15, -0.1) is 0 Å². The maximum absolute atomic E-state index is 2.50. The quantitative estimate of drug-likeness (QED) is 0.165. The maximum Gasteiger partial charge on any atom is 0.252 e. The van der Waals surface area contributed by atoms with Gasteiger partial charge in [0.1, 0.15) is 0 Å². The zero-order valence-corrected chi connectivity index (χ0v) is 35.8. The average molecular weight is 807 g/mol. The van der Waals surface area contributed by atoms with Crippen LogP contribution in [-0.2, 0) is 0 Å². The fourth-order valence-corrected chi connectivity index (χ4v) is 11.0. The molecule has 0 spiro atoms. The molecular formula is C58H43BN4. The van der Waals surface area contributed by atoms with Crippen molar-refractivity contribution in [2.24, 2.45) is 0 Å². The third-order valence-electron chi connectivity index (χ3n) is 13.7. The first-order chi connectivity index (χ1) is 30.9. The number of hydrogen-bond acceptors (Lipinski definition) is 2. The Bertz CT molecular complexity index is 3330. The van der Waals surface area contributed by atoms with E-state index >= 15 is 0 Å². The summed E-state index contributed by atoms with van der Waals surface area (Å²) >= 11 is 0. The molecule has 11 aromatic rings. The summed E-state index contributed by atoms with van der Waals surface area (Å²) < 4.78 is 4.93. The second kappa shape index (κ2) is 13.4. The summed E-state index contributed by atoms with van der Waals surface area (Å²) in [4.78, 5) is 5.00. The molecule has 0 saturated carbocycles. The van der Waals surface area contributed by atoms with E-state index in [-0.39, 0.29) is 6.71 Å². The molecular weight excluding hydrogens is 763 g/mol. The minimum atomic E-state index is -0.00359. The molecule has 0 atom stereocenters. The van der Waals surface area contributed by atoms with Gasteiger partial charge in [-0.05, 0) is 153 Å². The number of rotatable bonds is 4. The Morgan fingerprint density at radius 1 is 0.302 bits per heavy atom. The Morgan fingerprint density at radius 2 is 0.667 bits per heavy atom. The lowest BCUT2D eigenvalue weighted by atomic mass is 9.33. The van der Waals surface area contributed by atoms with E-state index < -0.39 is 0 Å². The molecule has 0 fully saturated rings. The van der Waals surface area contributed by atoms with Crippen molar-refractivity contribution in [2.75, 3.05) is 9.80 Å². The molecule has 298 valence electrons. The summed E-state index contributed by atoms with van der Waals surface area (Å²) in [5, 5.41) is 5.14. The Labute approximate surface area is 367 Å². The van der Waals surface area contributed by atoms with E-state index in [1.807, 2.05) is 0 Å². The fraction of sp³-hybridized carbons (Fsp3) is 0.0690. The number of aryl methyl sites for hydroxylation is 4. The Morgan fingerprint density at radius 3 is 1.03 bits per heavy atom. The van der Waals surface area contributed by atoms with Gasteiger partial charge in [0.25, 0.3) is 6.71 Å². The van der Waals surface area contributed by atoms with Crippen LogP contribution in [0.3, 0.4) is 0 Å². The van der Waals surface area contributed by atoms with E-state index in [9.17, 15) is 0 Å². The third kappa shape index (κ3) is 5.23. The van der Waals surface area contributed by atoms with E-state index in [4.69, 9.17) is 0 Å². The molecule has 0 aliphatic carbocycles. The minimum absolute atomic E-state index is 0.00359. The molecule has 63 heavy (non-hydrogen) atoms. The van der Waals surface area contributed by atoms with Crippen LogP contribution in [0.4, 0.5) is 34.1 Å². The minimum Gasteiger partial charge on any atom is -0.311 e. The molecule has 13 rings (SSSR count). The molecule has 9 aromatic carbocycles. The molecule has 0 saturated heterocycles. The van der Waals surface area contributed by atoms with Crippen molar-refractivity contribution >= 4 is 101 Å². The lowest BCUT2D eigenvalue weighted by molar-refractivity contribution is 1.16. The van der Waals surface area contributed by atoms with Crippen LogP contribution >= 0.6 is 0 Å². The largest absolute Gasteiger partial charge is 0.311 e. The van der Waals surface area contributed by atoms with Crippen molar-refractivity contribution in [1.82, 2.24) is 9.13 Å². The van der Waals surface area contributed by atoms with Gasteiger partial charge in [-0.2, -0.15) is 0 Å². The van der Waals surface area contributed by atoms with Crippen molar-refractivity contribution in [1.29, 1.82) is 0 Å². The van der Waals surface area contributed by atoms with Crippen LogP contribution in [0.15, 0.2) is 188 Å². The van der Waals surface area contributed by atoms with Crippen molar-refractivity contribution in [2.45, 2.75) is 27.7 Å². The predicted molar refractivity (Wildman–Crippen MR) is 268 cm³/mol. The van der Waals surface area contributed by atoms with Crippen molar-refractivity contribution in [3.05, 3.63) is 210 Å². The third-order valence-corrected chi connectivity index (χ3v) is 13.7. The normalized spacial score (nSPS) is 13.0. The first kappa shape index (κ1) is 35.9. The molecule has 0 radical (unpaired) electrons. The van der Waals surface area contributed by atoms with Gasteiger partial charge in [-0.25, -0.2) is 0 Å². The molecule has 4 heterocycles. The van der Waals surface area contributed by atoms with E-state index in [2.05, 4.69) is 235 Å². The summed E-state index contributed by atoms with van der Waals surface area (Å²) in [5.74, 6) is 0. The van der Waals surface area contributed by atoms with Gasteiger partial charge in [0.05, 0.1) is 22.1 Å². The number of hydrogen-bond donors (Lipinski definition) is 0. The summed E-state index contributed by atoms with van der Waals surface area (Å²) in [6.07, 6.45) is 0. The van der Waals surface area contributed by atoms with Gasteiger partial charge in [-0.3, -0.25) is 0 Å². The van der Waals surface area contributed by atoms with Crippen molar-refractivity contribution in [3.8, 4) is 11.4 Å². The second-order valence-electron chi connectivity index (χ2n) is 17.7. The van der Waals surface area contributed by atoms with Crippen molar-refractivity contribution in [3.63, 3.8) is 0 Å². The molecule has 5 heteroatoms. The Kier molecular flexibility index (Phi) is 7.63. The van der Waals surface area contributed by atoms with E-state index in [1.54, 1.807) is 0 Å². The van der Waals surface area contributed by atoms with E-state index in [1.165, 1.54) is 105 Å². The summed E-state index contributed by atoms with van der Waals surface area (Å²) in [5.41, 5.74) is 23.2. The zero-order chi connectivity index (χ0) is 42.1. The van der Waals surface area contributed by atoms with Crippen LogP contribution < -0.4 is 26.2 Å². The number of benzene rings is 9. The lowest BCUT2D eigenvalue weighted by Crippen LogP contribution is -2.61. The van der Waals surface area contributed by atoms with Gasteiger partial charge in [0.15, 0.2) is 0 Å². The van der Waals surface area contributed by atoms with Crippen LogP contribution in [0.25, 0.3) is 55.0 Å². The summed E-state index contributed by atoms with van der Waals surface area (Å²) in [7, 11) is 0. The average Bonchev–Trinajstić information content (AvgIpc) is 3.79. The SMILES string of the molecule is Cc1ccc2c(c1)c1cc(C)ccc1n2-c1ccc2c(c1)N(c1ccccc1)c1cccc3c1B2c1ccc(-n2c4ccc(C)cc4c4cc(C)ccc42)cc1N3c1ccccc1. The monoisotopic (exact) mass is 806 g/mol. The topological polar surface area (TPSA) is 16.3 Å². The maximum atomic E-state index is 2.50. The fourth-order valence-electron chi connectivity index (χ4n) is 11.0. The van der Waals surface area contributed by atoms with Crippen LogP contribution in [0, 0.1) is 27.7 Å². The standard InChI is InChI=1S/C58H43BN4/c1-36-18-26-50-44(30-36)45-31-37(2)19-27-51(45)62(50)42-22-24-48-56(34-42)60(40-12-7-5-8-13-40)54-16-11-17-55-58(54)59(48)49-25-23-43(35-57(49)61(55)41-14-9-6-10-15-41)63-52-28-20-38(3)32-46(52)47-33-39(4)21-29-53(47)63/h5-35H,1-4H3. The predicted octanol–water partition coefficient (Wildman–Crippen LogP) is 13.2. The molecule has 0 bridgehead atoms. The molecule has 0 unspecified atom stereocenters. The van der Waals surface area contributed by atoms with E-state index in [0.29, 0.717) is 0 Å². The number of fused-ring (bicyclic) bond motifs is 10.